The van der Waals surface area contributed by atoms with Gasteiger partial charge in [-0.3, -0.25) is 0 Å². The zero-order chi connectivity index (χ0) is 15.1. The third kappa shape index (κ3) is 3.71. The lowest BCUT2D eigenvalue weighted by Crippen LogP contribution is -2.10. The Kier molecular flexibility index (Phi) is 4.73. The molecule has 0 amide bonds. The van der Waals surface area contributed by atoms with Crippen molar-refractivity contribution in [1.82, 2.24) is 0 Å². The van der Waals surface area contributed by atoms with Gasteiger partial charge in [-0.25, -0.2) is 4.79 Å². The lowest BCUT2D eigenvalue weighted by molar-refractivity contribution is -0.129. The van der Waals surface area contributed by atoms with Crippen LogP contribution in [-0.2, 0) is 4.79 Å². The standard InChI is InChI=1S/C17H13NO3/c1-20-16-10-6-5-7-13(16)11-14(12-18)17(19)21-15-8-3-2-4-9-15/h2-11H,1H3/b14-11+. The molecule has 0 atom stereocenters. The fraction of sp³-hybridized carbons (Fsp3) is 0.0588. The predicted molar refractivity (Wildman–Crippen MR) is 78.7 cm³/mol. The van der Waals surface area contributed by atoms with Crippen molar-refractivity contribution in [3.8, 4) is 17.6 Å². The van der Waals surface area contributed by atoms with Crippen LogP contribution in [0.4, 0.5) is 0 Å². The van der Waals surface area contributed by atoms with Crippen molar-refractivity contribution in [2.75, 3.05) is 7.11 Å². The van der Waals surface area contributed by atoms with E-state index in [1.54, 1.807) is 42.5 Å². The van der Waals surface area contributed by atoms with Crippen molar-refractivity contribution in [3.63, 3.8) is 0 Å². The molecule has 0 saturated heterocycles. The number of ether oxygens (including phenoxy) is 2. The normalized spacial score (nSPS) is 10.6. The molecule has 2 aromatic rings. The highest BCUT2D eigenvalue weighted by Crippen LogP contribution is 2.21. The van der Waals surface area contributed by atoms with Gasteiger partial charge in [0.2, 0.25) is 0 Å². The minimum atomic E-state index is -0.699. The van der Waals surface area contributed by atoms with E-state index in [0.29, 0.717) is 17.1 Å². The van der Waals surface area contributed by atoms with Gasteiger partial charge >= 0.3 is 5.97 Å². The van der Waals surface area contributed by atoms with Crippen molar-refractivity contribution >= 4 is 12.0 Å². The second kappa shape index (κ2) is 6.92. The van der Waals surface area contributed by atoms with Gasteiger partial charge in [0.1, 0.15) is 23.1 Å². The molecule has 0 aromatic heterocycles. The van der Waals surface area contributed by atoms with Crippen LogP contribution >= 0.6 is 0 Å². The van der Waals surface area contributed by atoms with Crippen LogP contribution in [0.3, 0.4) is 0 Å². The van der Waals surface area contributed by atoms with Gasteiger partial charge in [-0.05, 0) is 24.3 Å². The Morgan fingerprint density at radius 1 is 1.10 bits per heavy atom. The molecular weight excluding hydrogens is 266 g/mol. The van der Waals surface area contributed by atoms with Gasteiger partial charge in [0.05, 0.1) is 7.11 Å². The molecule has 104 valence electrons. The van der Waals surface area contributed by atoms with E-state index in [1.807, 2.05) is 18.2 Å². The van der Waals surface area contributed by atoms with Crippen molar-refractivity contribution in [3.05, 3.63) is 65.7 Å². The summed E-state index contributed by atoms with van der Waals surface area (Å²) in [5, 5.41) is 9.14. The van der Waals surface area contributed by atoms with Gasteiger partial charge in [-0.15, -0.1) is 0 Å². The highest BCUT2D eigenvalue weighted by Gasteiger charge is 2.13. The number of esters is 1. The van der Waals surface area contributed by atoms with Gasteiger partial charge in [-0.2, -0.15) is 5.26 Å². The monoisotopic (exact) mass is 279 g/mol. The molecule has 0 saturated carbocycles. The topological polar surface area (TPSA) is 59.3 Å². The first-order chi connectivity index (χ1) is 10.2. The van der Waals surface area contributed by atoms with Crippen molar-refractivity contribution in [1.29, 1.82) is 5.26 Å². The molecule has 0 aliphatic carbocycles. The molecule has 4 nitrogen and oxygen atoms in total. The van der Waals surface area contributed by atoms with E-state index in [4.69, 9.17) is 14.7 Å². The Morgan fingerprint density at radius 3 is 2.43 bits per heavy atom. The fourth-order valence-electron chi connectivity index (χ4n) is 1.73. The number of carbonyl (C=O) groups excluding carboxylic acids is 1. The van der Waals surface area contributed by atoms with E-state index in [-0.39, 0.29) is 5.57 Å². The Morgan fingerprint density at radius 2 is 1.76 bits per heavy atom. The third-order valence-corrected chi connectivity index (χ3v) is 2.73. The van der Waals surface area contributed by atoms with Gasteiger partial charge < -0.3 is 9.47 Å². The molecule has 21 heavy (non-hydrogen) atoms. The van der Waals surface area contributed by atoms with E-state index in [2.05, 4.69) is 0 Å². The van der Waals surface area contributed by atoms with Gasteiger partial charge in [0.15, 0.2) is 0 Å². The van der Waals surface area contributed by atoms with E-state index >= 15 is 0 Å². The number of benzene rings is 2. The number of methoxy groups -OCH3 is 1. The second-order valence-corrected chi connectivity index (χ2v) is 4.11. The maximum absolute atomic E-state index is 12.0. The average Bonchev–Trinajstić information content (AvgIpc) is 2.53. The summed E-state index contributed by atoms with van der Waals surface area (Å²) in [6, 6.07) is 17.6. The zero-order valence-electron chi connectivity index (χ0n) is 11.4. The first-order valence-corrected chi connectivity index (χ1v) is 6.26. The molecule has 0 bridgehead atoms. The summed E-state index contributed by atoms with van der Waals surface area (Å²) in [6.45, 7) is 0. The first-order valence-electron chi connectivity index (χ1n) is 6.26. The SMILES string of the molecule is COc1ccccc1/C=C(\C#N)C(=O)Oc1ccccc1. The Labute approximate surface area is 122 Å². The molecule has 0 radical (unpaired) electrons. The summed E-state index contributed by atoms with van der Waals surface area (Å²) in [5.41, 5.74) is 0.546. The Balaban J connectivity index is 2.25. The van der Waals surface area contributed by atoms with Crippen LogP contribution in [0.5, 0.6) is 11.5 Å². The lowest BCUT2D eigenvalue weighted by atomic mass is 10.1. The number of para-hydroxylation sites is 2. The molecule has 0 fully saturated rings. The van der Waals surface area contributed by atoms with Crippen LogP contribution in [0.1, 0.15) is 5.56 Å². The molecule has 0 heterocycles. The first kappa shape index (κ1) is 14.4. The molecule has 0 spiro atoms. The quantitative estimate of drug-likeness (QED) is 0.373. The van der Waals surface area contributed by atoms with E-state index in [1.165, 1.54) is 13.2 Å². The van der Waals surface area contributed by atoms with Crippen molar-refractivity contribution in [2.24, 2.45) is 0 Å². The summed E-state index contributed by atoms with van der Waals surface area (Å²) >= 11 is 0. The van der Waals surface area contributed by atoms with Crippen molar-refractivity contribution < 1.29 is 14.3 Å². The van der Waals surface area contributed by atoms with Crippen LogP contribution in [-0.4, -0.2) is 13.1 Å². The molecule has 2 aromatic carbocycles. The molecule has 0 aliphatic heterocycles. The maximum Gasteiger partial charge on any atom is 0.354 e. The van der Waals surface area contributed by atoms with Gasteiger partial charge in [-0.1, -0.05) is 36.4 Å². The van der Waals surface area contributed by atoms with Crippen LogP contribution in [0.25, 0.3) is 6.08 Å². The summed E-state index contributed by atoms with van der Waals surface area (Å²) in [5.74, 6) is 0.274. The number of nitriles is 1. The minimum Gasteiger partial charge on any atom is -0.496 e. The van der Waals surface area contributed by atoms with Crippen molar-refractivity contribution in [2.45, 2.75) is 0 Å². The Hall–Kier alpha value is -3.06. The molecule has 0 aliphatic rings. The van der Waals surface area contributed by atoms with E-state index in [0.717, 1.165) is 0 Å². The zero-order valence-corrected chi connectivity index (χ0v) is 11.4. The maximum atomic E-state index is 12.0. The molecule has 4 heteroatoms. The number of carbonyl (C=O) groups is 1. The number of nitrogens with zero attached hydrogens (tertiary/aromatic N) is 1. The number of rotatable bonds is 4. The second-order valence-electron chi connectivity index (χ2n) is 4.11. The summed E-state index contributed by atoms with van der Waals surface area (Å²) in [7, 11) is 1.53. The highest BCUT2D eigenvalue weighted by atomic mass is 16.5. The molecule has 0 N–H and O–H groups in total. The smallest absolute Gasteiger partial charge is 0.354 e. The fourth-order valence-corrected chi connectivity index (χ4v) is 1.73. The van der Waals surface area contributed by atoms with E-state index < -0.39 is 5.97 Å². The van der Waals surface area contributed by atoms with Crippen LogP contribution in [0.15, 0.2) is 60.2 Å². The minimum absolute atomic E-state index is 0.0941. The summed E-state index contributed by atoms with van der Waals surface area (Å²) < 4.78 is 10.3. The largest absolute Gasteiger partial charge is 0.496 e. The highest BCUT2D eigenvalue weighted by molar-refractivity contribution is 5.99. The number of hydrogen-bond acceptors (Lipinski definition) is 4. The third-order valence-electron chi connectivity index (χ3n) is 2.73. The predicted octanol–water partition coefficient (Wildman–Crippen LogP) is 3.21. The van der Waals surface area contributed by atoms with Crippen LogP contribution in [0.2, 0.25) is 0 Å². The Bertz CT molecular complexity index is 699. The summed E-state index contributed by atoms with van der Waals surface area (Å²) in [4.78, 5) is 12.0. The van der Waals surface area contributed by atoms with Gasteiger partial charge in [0.25, 0.3) is 0 Å². The lowest BCUT2D eigenvalue weighted by Gasteiger charge is -2.05. The van der Waals surface area contributed by atoms with E-state index in [9.17, 15) is 4.79 Å². The average molecular weight is 279 g/mol. The number of hydrogen-bond donors (Lipinski definition) is 0. The molecule has 2 rings (SSSR count). The molecule has 0 unspecified atom stereocenters. The van der Waals surface area contributed by atoms with Crippen LogP contribution < -0.4 is 9.47 Å². The summed E-state index contributed by atoms with van der Waals surface area (Å²) in [6.07, 6.45) is 1.45. The molecular formula is C17H13NO3. The van der Waals surface area contributed by atoms with Gasteiger partial charge in [0, 0.05) is 5.56 Å². The van der Waals surface area contributed by atoms with Crippen LogP contribution in [0, 0.1) is 11.3 Å².